The number of nitrogens with two attached hydrogens (primary N) is 1. The molecule has 3 unspecified atom stereocenters. The van der Waals surface area contributed by atoms with Gasteiger partial charge in [0.1, 0.15) is 0 Å². The van der Waals surface area contributed by atoms with Crippen LogP contribution >= 0.6 is 0 Å². The average molecular weight is 485 g/mol. The van der Waals surface area contributed by atoms with E-state index in [9.17, 15) is 9.90 Å². The lowest BCUT2D eigenvalue weighted by molar-refractivity contribution is 0.0950. The normalized spacial score (nSPS) is 19.6. The van der Waals surface area contributed by atoms with E-state index in [-0.39, 0.29) is 23.8 Å². The maximum absolute atomic E-state index is 12.8. The highest BCUT2D eigenvalue weighted by Gasteiger charge is 2.32. The molecule has 3 atom stereocenters. The molecule has 6 nitrogen and oxygen atoms in total. The van der Waals surface area contributed by atoms with Crippen LogP contribution < -0.4 is 16.0 Å². The van der Waals surface area contributed by atoms with Gasteiger partial charge < -0.3 is 21.1 Å². The third-order valence-corrected chi connectivity index (χ3v) is 6.98. The third-order valence-electron chi connectivity index (χ3n) is 6.98. The Morgan fingerprint density at radius 2 is 1.75 bits per heavy atom. The van der Waals surface area contributed by atoms with Gasteiger partial charge >= 0.3 is 0 Å². The number of nitrogens with one attached hydrogen (secondary N) is 2. The Bertz CT molecular complexity index is 1190. The number of hydrogen-bond donors (Lipinski definition) is 4. The van der Waals surface area contributed by atoms with Crippen molar-refractivity contribution in [1.29, 1.82) is 5.41 Å². The SMILES string of the molecule is CCCC1CC(O)CC(C)N1c1ccc(C(=N)c2cc(C(=O)NCc3ccccc3)ccc2N)cc1. The van der Waals surface area contributed by atoms with Gasteiger partial charge in [-0.3, -0.25) is 10.2 Å². The number of carbonyl (C=O) groups excluding carboxylic acids is 1. The van der Waals surface area contributed by atoms with Gasteiger partial charge in [0.25, 0.3) is 5.91 Å². The largest absolute Gasteiger partial charge is 0.398 e. The van der Waals surface area contributed by atoms with E-state index < -0.39 is 0 Å². The number of amides is 1. The summed E-state index contributed by atoms with van der Waals surface area (Å²) in [7, 11) is 0. The van der Waals surface area contributed by atoms with Crippen LogP contribution in [0.4, 0.5) is 11.4 Å². The molecule has 1 aliphatic rings. The van der Waals surface area contributed by atoms with Crippen LogP contribution in [0.2, 0.25) is 0 Å². The van der Waals surface area contributed by atoms with Crippen molar-refractivity contribution < 1.29 is 9.90 Å². The van der Waals surface area contributed by atoms with Crippen LogP contribution in [0, 0.1) is 5.41 Å². The fraction of sp³-hybridized carbons (Fsp3) is 0.333. The van der Waals surface area contributed by atoms with E-state index in [4.69, 9.17) is 11.1 Å². The van der Waals surface area contributed by atoms with Crippen molar-refractivity contribution >= 4 is 23.0 Å². The molecule has 1 heterocycles. The zero-order chi connectivity index (χ0) is 25.7. The van der Waals surface area contributed by atoms with Crippen molar-refractivity contribution in [3.8, 4) is 0 Å². The van der Waals surface area contributed by atoms with Gasteiger partial charge in [0.15, 0.2) is 0 Å². The molecule has 3 aromatic carbocycles. The Labute approximate surface area is 213 Å². The summed E-state index contributed by atoms with van der Waals surface area (Å²) in [5, 5.41) is 22.0. The predicted octanol–water partition coefficient (Wildman–Crippen LogP) is 5.13. The van der Waals surface area contributed by atoms with Crippen molar-refractivity contribution in [1.82, 2.24) is 5.32 Å². The summed E-state index contributed by atoms with van der Waals surface area (Å²) in [6, 6.07) is 23.4. The van der Waals surface area contributed by atoms with Crippen LogP contribution in [0.15, 0.2) is 72.8 Å². The van der Waals surface area contributed by atoms with Crippen LogP contribution in [0.1, 0.15) is 66.6 Å². The summed E-state index contributed by atoms with van der Waals surface area (Å²) >= 11 is 0. The lowest BCUT2D eigenvalue weighted by Gasteiger charge is -2.44. The fourth-order valence-electron chi connectivity index (χ4n) is 5.20. The van der Waals surface area contributed by atoms with Gasteiger partial charge in [0.2, 0.25) is 0 Å². The van der Waals surface area contributed by atoms with Crippen LogP contribution in [0.3, 0.4) is 0 Å². The lowest BCUT2D eigenvalue weighted by atomic mass is 9.90. The molecule has 1 saturated heterocycles. The van der Waals surface area contributed by atoms with Crippen molar-refractivity contribution in [2.24, 2.45) is 0 Å². The molecule has 5 N–H and O–H groups in total. The molecule has 0 saturated carbocycles. The van der Waals surface area contributed by atoms with Gasteiger partial charge in [0.05, 0.1) is 11.8 Å². The van der Waals surface area contributed by atoms with E-state index >= 15 is 0 Å². The molecular weight excluding hydrogens is 448 g/mol. The second kappa shape index (κ2) is 11.4. The van der Waals surface area contributed by atoms with Gasteiger partial charge in [-0.15, -0.1) is 0 Å². The summed E-state index contributed by atoms with van der Waals surface area (Å²) < 4.78 is 0. The molecule has 0 aromatic heterocycles. The maximum Gasteiger partial charge on any atom is 0.251 e. The van der Waals surface area contributed by atoms with Gasteiger partial charge in [-0.2, -0.15) is 0 Å². The van der Waals surface area contributed by atoms with Crippen molar-refractivity contribution in [3.05, 3.63) is 95.1 Å². The second-order valence-electron chi connectivity index (χ2n) is 9.72. The summed E-state index contributed by atoms with van der Waals surface area (Å²) in [5.41, 5.74) is 10.8. The maximum atomic E-state index is 12.8. The molecule has 0 aliphatic carbocycles. The molecule has 3 aromatic rings. The number of aliphatic hydroxyl groups excluding tert-OH is 1. The van der Waals surface area contributed by atoms with Gasteiger partial charge in [0, 0.05) is 46.7 Å². The molecule has 1 aliphatic heterocycles. The number of carbonyl (C=O) groups is 1. The van der Waals surface area contributed by atoms with E-state index in [0.29, 0.717) is 29.4 Å². The highest BCUT2D eigenvalue weighted by Crippen LogP contribution is 2.32. The van der Waals surface area contributed by atoms with E-state index in [2.05, 4.69) is 24.1 Å². The Hall–Kier alpha value is -3.64. The first-order valence-corrected chi connectivity index (χ1v) is 12.7. The number of anilines is 2. The third kappa shape index (κ3) is 5.77. The molecule has 1 amide bonds. The number of benzene rings is 3. The zero-order valence-corrected chi connectivity index (χ0v) is 21.1. The summed E-state index contributed by atoms with van der Waals surface area (Å²) in [6.07, 6.45) is 3.39. The first kappa shape index (κ1) is 25.5. The number of rotatable bonds is 8. The molecule has 36 heavy (non-hydrogen) atoms. The highest BCUT2D eigenvalue weighted by atomic mass is 16.3. The van der Waals surface area contributed by atoms with Crippen molar-refractivity contribution in [3.63, 3.8) is 0 Å². The Morgan fingerprint density at radius 1 is 1.06 bits per heavy atom. The predicted molar refractivity (Wildman–Crippen MR) is 147 cm³/mol. The Balaban J connectivity index is 1.50. The number of nitrogen functional groups attached to an aromatic ring is 1. The van der Waals surface area contributed by atoms with E-state index in [1.54, 1.807) is 18.2 Å². The minimum absolute atomic E-state index is 0.202. The van der Waals surface area contributed by atoms with Gasteiger partial charge in [-0.1, -0.05) is 55.8 Å². The minimum Gasteiger partial charge on any atom is -0.398 e. The molecule has 4 rings (SSSR count). The first-order chi connectivity index (χ1) is 17.4. The number of aliphatic hydroxyl groups is 1. The quantitative estimate of drug-likeness (QED) is 0.263. The Kier molecular flexibility index (Phi) is 8.06. The van der Waals surface area contributed by atoms with E-state index in [1.165, 1.54) is 0 Å². The van der Waals surface area contributed by atoms with Crippen LogP contribution in [-0.2, 0) is 6.54 Å². The van der Waals surface area contributed by atoms with Gasteiger partial charge in [-0.05, 0) is 62.1 Å². The smallest absolute Gasteiger partial charge is 0.251 e. The molecule has 188 valence electrons. The number of piperidine rings is 1. The topological polar surface area (TPSA) is 102 Å². The first-order valence-electron chi connectivity index (χ1n) is 12.7. The molecular formula is C30H36N4O2. The highest BCUT2D eigenvalue weighted by molar-refractivity contribution is 6.15. The van der Waals surface area contributed by atoms with E-state index in [0.717, 1.165) is 42.5 Å². The van der Waals surface area contributed by atoms with Crippen LogP contribution in [0.5, 0.6) is 0 Å². The van der Waals surface area contributed by atoms with Gasteiger partial charge in [-0.25, -0.2) is 0 Å². The molecule has 0 bridgehead atoms. The lowest BCUT2D eigenvalue weighted by Crippen LogP contribution is -2.49. The molecule has 1 fully saturated rings. The summed E-state index contributed by atoms with van der Waals surface area (Å²) in [4.78, 5) is 15.2. The summed E-state index contributed by atoms with van der Waals surface area (Å²) in [5.74, 6) is -0.202. The minimum atomic E-state index is -0.250. The van der Waals surface area contributed by atoms with Crippen molar-refractivity contribution in [2.45, 2.75) is 64.3 Å². The molecule has 0 radical (unpaired) electrons. The zero-order valence-electron chi connectivity index (χ0n) is 21.1. The fourth-order valence-corrected chi connectivity index (χ4v) is 5.20. The number of hydrogen-bond acceptors (Lipinski definition) is 5. The van der Waals surface area contributed by atoms with Crippen LogP contribution in [0.25, 0.3) is 0 Å². The Morgan fingerprint density at radius 3 is 2.44 bits per heavy atom. The second-order valence-corrected chi connectivity index (χ2v) is 9.72. The molecule has 6 heteroatoms. The average Bonchev–Trinajstić information content (AvgIpc) is 2.88. The van der Waals surface area contributed by atoms with E-state index in [1.807, 2.05) is 54.6 Å². The van der Waals surface area contributed by atoms with Crippen LogP contribution in [-0.4, -0.2) is 34.9 Å². The van der Waals surface area contributed by atoms with Crippen molar-refractivity contribution in [2.75, 3.05) is 10.6 Å². The monoisotopic (exact) mass is 484 g/mol. The summed E-state index contributed by atoms with van der Waals surface area (Å²) in [6.45, 7) is 4.77. The number of nitrogens with zero attached hydrogens (tertiary/aromatic N) is 1. The molecule has 0 spiro atoms. The standard InChI is InChI=1S/C30H36N4O2/c1-3-7-25-18-26(35)16-20(2)34(25)24-13-10-22(11-14-24)29(32)27-17-23(12-15-28(27)31)30(36)33-19-21-8-5-4-6-9-21/h4-6,8-15,17,20,25-26,32,35H,3,7,16,18-19,31H2,1-2H3,(H,33,36).